The van der Waals surface area contributed by atoms with E-state index in [0.717, 1.165) is 39.0 Å². The molecule has 0 aliphatic carbocycles. The third-order valence-electron chi connectivity index (χ3n) is 4.12. The molecule has 0 aromatic carbocycles. The molecule has 0 aromatic rings. The summed E-state index contributed by atoms with van der Waals surface area (Å²) in [5.41, 5.74) is 0. The van der Waals surface area contributed by atoms with Gasteiger partial charge >= 0.3 is 0 Å². The van der Waals surface area contributed by atoms with Crippen LogP contribution in [0.4, 0.5) is 0 Å². The molecule has 2 rings (SSSR count). The van der Waals surface area contributed by atoms with Crippen LogP contribution in [0.3, 0.4) is 0 Å². The number of hydrogen-bond donors (Lipinski definition) is 0. The predicted molar refractivity (Wildman–Crippen MR) is 70.0 cm³/mol. The minimum atomic E-state index is -2.72. The van der Waals surface area contributed by atoms with Crippen molar-refractivity contribution in [1.82, 2.24) is 9.80 Å². The Hall–Kier alpha value is -0.130. The first-order valence-corrected chi connectivity index (χ1v) is 8.48. The van der Waals surface area contributed by atoms with Gasteiger partial charge in [-0.1, -0.05) is 0 Å². The molecule has 0 spiro atoms. The summed E-state index contributed by atoms with van der Waals surface area (Å²) in [6.07, 6.45) is 1.67. The average molecular weight is 260 g/mol. The maximum absolute atomic E-state index is 11.4. The van der Waals surface area contributed by atoms with Gasteiger partial charge in [0, 0.05) is 38.3 Å². The highest BCUT2D eigenvalue weighted by molar-refractivity contribution is 7.91. The summed E-state index contributed by atoms with van der Waals surface area (Å²) in [7, 11) is -2.72. The van der Waals surface area contributed by atoms with Gasteiger partial charge in [0.25, 0.3) is 0 Å². The van der Waals surface area contributed by atoms with Gasteiger partial charge < -0.3 is 0 Å². The van der Waals surface area contributed by atoms with Gasteiger partial charge in [-0.2, -0.15) is 0 Å². The van der Waals surface area contributed by atoms with Crippen molar-refractivity contribution in [3.63, 3.8) is 0 Å². The molecule has 2 fully saturated rings. The molecule has 2 saturated heterocycles. The molecule has 0 amide bonds. The van der Waals surface area contributed by atoms with Crippen LogP contribution in [-0.2, 0) is 9.84 Å². The summed E-state index contributed by atoms with van der Waals surface area (Å²) in [5.74, 6) is 0.782. The van der Waals surface area contributed by atoms with E-state index in [0.29, 0.717) is 23.6 Å². The largest absolute Gasteiger partial charge is 0.298 e. The van der Waals surface area contributed by atoms with Crippen LogP contribution in [0, 0.1) is 0 Å². The van der Waals surface area contributed by atoms with E-state index in [1.54, 1.807) is 0 Å². The molecule has 100 valence electrons. The van der Waals surface area contributed by atoms with E-state index in [2.05, 4.69) is 23.6 Å². The molecule has 2 aliphatic rings. The summed E-state index contributed by atoms with van der Waals surface area (Å²) in [6, 6.07) is 1.14. The Morgan fingerprint density at radius 3 is 2.00 bits per heavy atom. The van der Waals surface area contributed by atoms with Gasteiger partial charge in [-0.05, 0) is 26.7 Å². The summed E-state index contributed by atoms with van der Waals surface area (Å²) in [4.78, 5) is 4.99. The van der Waals surface area contributed by atoms with E-state index in [1.165, 1.54) is 0 Å². The first-order chi connectivity index (χ1) is 7.98. The fraction of sp³-hybridized carbons (Fsp3) is 1.00. The first kappa shape index (κ1) is 13.3. The normalized spacial score (nSPS) is 28.6. The van der Waals surface area contributed by atoms with Crippen molar-refractivity contribution < 1.29 is 8.42 Å². The Labute approximate surface area is 105 Å². The van der Waals surface area contributed by atoms with Gasteiger partial charge in [0.05, 0.1) is 11.5 Å². The molecule has 2 heterocycles. The smallest absolute Gasteiger partial charge is 0.150 e. The van der Waals surface area contributed by atoms with Crippen molar-refractivity contribution in [2.24, 2.45) is 0 Å². The van der Waals surface area contributed by atoms with Crippen LogP contribution in [-0.4, -0.2) is 68.0 Å². The Morgan fingerprint density at radius 2 is 1.53 bits per heavy atom. The minimum Gasteiger partial charge on any atom is -0.298 e. The third-order valence-corrected chi connectivity index (χ3v) is 5.84. The predicted octanol–water partition coefficient (Wildman–Crippen LogP) is 0.590. The lowest BCUT2D eigenvalue weighted by atomic mass is 10.1. The van der Waals surface area contributed by atoms with E-state index in [4.69, 9.17) is 0 Å². The molecular formula is C12H24N2O2S. The molecule has 4 nitrogen and oxygen atoms in total. The average Bonchev–Trinajstić information content (AvgIpc) is 2.29. The van der Waals surface area contributed by atoms with Crippen molar-refractivity contribution in [3.8, 4) is 0 Å². The van der Waals surface area contributed by atoms with E-state index in [1.807, 2.05) is 0 Å². The van der Waals surface area contributed by atoms with Crippen LogP contribution in [0.5, 0.6) is 0 Å². The zero-order chi connectivity index (χ0) is 12.5. The second kappa shape index (κ2) is 5.24. The zero-order valence-corrected chi connectivity index (χ0v) is 11.7. The lowest BCUT2D eigenvalue weighted by Gasteiger charge is -2.41. The molecule has 0 atom stereocenters. The molecule has 0 N–H and O–H groups in total. The van der Waals surface area contributed by atoms with Gasteiger partial charge in [-0.15, -0.1) is 0 Å². The van der Waals surface area contributed by atoms with Gasteiger partial charge in [0.1, 0.15) is 9.84 Å². The number of nitrogens with zero attached hydrogens (tertiary/aromatic N) is 2. The highest BCUT2D eigenvalue weighted by Crippen LogP contribution is 2.20. The standard InChI is InChI=1S/C12H24N2O2S/c1-11(2)13-5-7-14(8-6-13)12-3-9-17(15,16)10-4-12/h11-12H,3-10H2,1-2H3. The number of hydrogen-bond acceptors (Lipinski definition) is 4. The fourth-order valence-corrected chi connectivity index (χ4v) is 4.33. The highest BCUT2D eigenvalue weighted by Gasteiger charge is 2.30. The van der Waals surface area contributed by atoms with Crippen LogP contribution >= 0.6 is 0 Å². The van der Waals surface area contributed by atoms with Crippen molar-refractivity contribution >= 4 is 9.84 Å². The van der Waals surface area contributed by atoms with Crippen LogP contribution in [0.2, 0.25) is 0 Å². The lowest BCUT2D eigenvalue weighted by Crippen LogP contribution is -2.53. The Bertz CT molecular complexity index is 332. The SMILES string of the molecule is CC(C)N1CCN(C2CCS(=O)(=O)CC2)CC1. The third kappa shape index (κ3) is 3.42. The lowest BCUT2D eigenvalue weighted by molar-refractivity contribution is 0.0744. The van der Waals surface area contributed by atoms with Crippen LogP contribution in [0.1, 0.15) is 26.7 Å². The van der Waals surface area contributed by atoms with Crippen molar-refractivity contribution in [1.29, 1.82) is 0 Å². The van der Waals surface area contributed by atoms with Crippen molar-refractivity contribution in [3.05, 3.63) is 0 Å². The highest BCUT2D eigenvalue weighted by atomic mass is 32.2. The Morgan fingerprint density at radius 1 is 1.00 bits per heavy atom. The van der Waals surface area contributed by atoms with Gasteiger partial charge in [-0.3, -0.25) is 9.80 Å². The van der Waals surface area contributed by atoms with E-state index >= 15 is 0 Å². The number of rotatable bonds is 2. The number of sulfone groups is 1. The molecule has 17 heavy (non-hydrogen) atoms. The Balaban J connectivity index is 1.82. The number of piperazine rings is 1. The molecule has 2 aliphatic heterocycles. The van der Waals surface area contributed by atoms with Crippen LogP contribution in [0.25, 0.3) is 0 Å². The van der Waals surface area contributed by atoms with Gasteiger partial charge in [-0.25, -0.2) is 8.42 Å². The van der Waals surface area contributed by atoms with E-state index in [-0.39, 0.29) is 0 Å². The summed E-state index contributed by atoms with van der Waals surface area (Å²) >= 11 is 0. The van der Waals surface area contributed by atoms with Crippen LogP contribution in [0.15, 0.2) is 0 Å². The molecule has 0 radical (unpaired) electrons. The van der Waals surface area contributed by atoms with Crippen molar-refractivity contribution in [2.45, 2.75) is 38.8 Å². The molecule has 0 aromatic heterocycles. The van der Waals surface area contributed by atoms with E-state index < -0.39 is 9.84 Å². The molecular weight excluding hydrogens is 236 g/mol. The minimum absolute atomic E-state index is 0.391. The second-order valence-corrected chi connectivity index (χ2v) is 7.85. The maximum Gasteiger partial charge on any atom is 0.150 e. The van der Waals surface area contributed by atoms with Gasteiger partial charge in [0.2, 0.25) is 0 Å². The van der Waals surface area contributed by atoms with Crippen LogP contribution < -0.4 is 0 Å². The first-order valence-electron chi connectivity index (χ1n) is 6.66. The molecule has 0 unspecified atom stereocenters. The Kier molecular flexibility index (Phi) is 4.10. The quantitative estimate of drug-likeness (QED) is 0.728. The second-order valence-electron chi connectivity index (χ2n) is 5.55. The summed E-state index contributed by atoms with van der Waals surface area (Å²) < 4.78 is 22.8. The summed E-state index contributed by atoms with van der Waals surface area (Å²) in [5, 5.41) is 0. The molecule has 5 heteroatoms. The topological polar surface area (TPSA) is 40.6 Å². The summed E-state index contributed by atoms with van der Waals surface area (Å²) in [6.45, 7) is 8.93. The zero-order valence-electron chi connectivity index (χ0n) is 10.9. The van der Waals surface area contributed by atoms with Gasteiger partial charge in [0.15, 0.2) is 0 Å². The molecule has 0 bridgehead atoms. The fourth-order valence-electron chi connectivity index (χ4n) is 2.86. The molecule has 0 saturated carbocycles. The maximum atomic E-state index is 11.4. The van der Waals surface area contributed by atoms with Crippen molar-refractivity contribution in [2.75, 3.05) is 37.7 Å². The monoisotopic (exact) mass is 260 g/mol. The van der Waals surface area contributed by atoms with E-state index in [9.17, 15) is 8.42 Å².